The van der Waals surface area contributed by atoms with Crippen LogP contribution in [0.4, 0.5) is 17.6 Å². The second kappa shape index (κ2) is 12.2. The average Bonchev–Trinajstić information content (AvgIpc) is 2.88. The Hall–Kier alpha value is -2.48. The third-order valence-corrected chi connectivity index (χ3v) is 6.36. The third-order valence-electron chi connectivity index (χ3n) is 6.36. The van der Waals surface area contributed by atoms with Gasteiger partial charge < -0.3 is 14.2 Å². The number of alkyl halides is 3. The van der Waals surface area contributed by atoms with Gasteiger partial charge in [0.05, 0.1) is 50.6 Å². The van der Waals surface area contributed by atoms with Crippen molar-refractivity contribution in [3.05, 3.63) is 71.0 Å². The molecule has 2 aromatic rings. The zero-order valence-corrected chi connectivity index (χ0v) is 20.1. The Kier molecular flexibility index (Phi) is 8.99. The molecule has 2 fully saturated rings. The molecule has 0 aromatic heterocycles. The van der Waals surface area contributed by atoms with Gasteiger partial charge in [-0.1, -0.05) is 36.1 Å². The molecule has 5 nitrogen and oxygen atoms in total. The maximum atomic E-state index is 13.6. The lowest BCUT2D eigenvalue weighted by molar-refractivity contribution is -0.228. The SMILES string of the molecule is C[C@@H](O[C@H]1OCCN(CC#CCN2CCOCC2)[C@H]1c1ccc(F)cc1)c1cccc(C(F)(F)F)c1. The van der Waals surface area contributed by atoms with Crippen molar-refractivity contribution in [1.82, 2.24) is 9.80 Å². The summed E-state index contributed by atoms with van der Waals surface area (Å²) >= 11 is 0. The summed E-state index contributed by atoms with van der Waals surface area (Å²) in [6.45, 7) is 6.90. The summed E-state index contributed by atoms with van der Waals surface area (Å²) in [6, 6.07) is 10.8. The van der Waals surface area contributed by atoms with E-state index in [1.807, 2.05) is 0 Å². The molecule has 0 amide bonds. The Morgan fingerprint density at radius 3 is 2.44 bits per heavy atom. The number of halogens is 4. The number of benzene rings is 2. The zero-order chi connectivity index (χ0) is 25.5. The number of hydrogen-bond acceptors (Lipinski definition) is 5. The number of rotatable bonds is 6. The molecule has 2 aliphatic rings. The van der Waals surface area contributed by atoms with Gasteiger partial charge in [-0.2, -0.15) is 13.2 Å². The monoisotopic (exact) mass is 506 g/mol. The fraction of sp³-hybridized carbons (Fsp3) is 0.481. The van der Waals surface area contributed by atoms with Crippen LogP contribution in [0.25, 0.3) is 0 Å². The van der Waals surface area contributed by atoms with Crippen LogP contribution in [0.1, 0.15) is 35.8 Å². The largest absolute Gasteiger partial charge is 0.416 e. The predicted octanol–water partition coefficient (Wildman–Crippen LogP) is 4.66. The van der Waals surface area contributed by atoms with Crippen molar-refractivity contribution in [2.75, 3.05) is 52.5 Å². The molecule has 0 spiro atoms. The standard InChI is InChI=1S/C27H30F4N2O3/c1-20(22-5-4-6-23(19-22)27(29,30)31)36-26-25(21-7-9-24(28)10-8-21)33(15-18-35-26)12-3-2-11-32-13-16-34-17-14-32/h4-10,19-20,25-26H,11-18H2,1H3/t20-,25+,26-/m1/s1. The lowest BCUT2D eigenvalue weighted by Crippen LogP contribution is -2.46. The molecule has 0 N–H and O–H groups in total. The number of ether oxygens (including phenoxy) is 3. The van der Waals surface area contributed by atoms with Crippen LogP contribution in [0.2, 0.25) is 0 Å². The minimum atomic E-state index is -4.44. The van der Waals surface area contributed by atoms with Crippen molar-refractivity contribution in [2.24, 2.45) is 0 Å². The van der Waals surface area contributed by atoms with Crippen molar-refractivity contribution in [3.63, 3.8) is 0 Å². The summed E-state index contributed by atoms with van der Waals surface area (Å²) in [6.07, 6.45) is -5.87. The van der Waals surface area contributed by atoms with Crippen molar-refractivity contribution in [2.45, 2.75) is 31.5 Å². The highest BCUT2D eigenvalue weighted by molar-refractivity contribution is 5.27. The maximum Gasteiger partial charge on any atom is 0.416 e. The van der Waals surface area contributed by atoms with Crippen LogP contribution in [-0.4, -0.2) is 68.6 Å². The Bertz CT molecular complexity index is 1050. The molecule has 0 radical (unpaired) electrons. The molecule has 4 rings (SSSR count). The van der Waals surface area contributed by atoms with E-state index in [2.05, 4.69) is 21.6 Å². The van der Waals surface area contributed by atoms with Gasteiger partial charge in [-0.15, -0.1) is 0 Å². The topological polar surface area (TPSA) is 34.2 Å². The zero-order valence-electron chi connectivity index (χ0n) is 20.1. The van der Waals surface area contributed by atoms with Crippen LogP contribution in [-0.2, 0) is 20.4 Å². The van der Waals surface area contributed by atoms with Gasteiger partial charge in [0.15, 0.2) is 6.29 Å². The van der Waals surface area contributed by atoms with E-state index < -0.39 is 30.2 Å². The molecule has 0 bridgehead atoms. The Morgan fingerprint density at radius 2 is 1.72 bits per heavy atom. The second-order valence-corrected chi connectivity index (χ2v) is 8.85. The first kappa shape index (κ1) is 26.6. The fourth-order valence-corrected chi connectivity index (χ4v) is 4.34. The highest BCUT2D eigenvalue weighted by atomic mass is 19.4. The first-order chi connectivity index (χ1) is 17.3. The Labute approximate surface area is 208 Å². The predicted molar refractivity (Wildman–Crippen MR) is 126 cm³/mol. The summed E-state index contributed by atoms with van der Waals surface area (Å²) in [5, 5.41) is 0. The molecule has 194 valence electrons. The molecule has 3 atom stereocenters. The maximum absolute atomic E-state index is 13.6. The van der Waals surface area contributed by atoms with E-state index in [9.17, 15) is 17.6 Å². The molecular formula is C27H30F4N2O3. The summed E-state index contributed by atoms with van der Waals surface area (Å²) in [4.78, 5) is 4.34. The molecule has 2 heterocycles. The van der Waals surface area contributed by atoms with Gasteiger partial charge in [0.1, 0.15) is 5.82 Å². The van der Waals surface area contributed by atoms with Gasteiger partial charge >= 0.3 is 6.18 Å². The van der Waals surface area contributed by atoms with Crippen LogP contribution < -0.4 is 0 Å². The van der Waals surface area contributed by atoms with Crippen LogP contribution in [0, 0.1) is 17.7 Å². The van der Waals surface area contributed by atoms with Gasteiger partial charge in [0, 0.05) is 19.6 Å². The quantitative estimate of drug-likeness (QED) is 0.421. The van der Waals surface area contributed by atoms with E-state index in [1.54, 1.807) is 25.1 Å². The molecule has 0 unspecified atom stereocenters. The van der Waals surface area contributed by atoms with Crippen molar-refractivity contribution < 1.29 is 31.8 Å². The first-order valence-corrected chi connectivity index (χ1v) is 12.0. The molecule has 36 heavy (non-hydrogen) atoms. The third kappa shape index (κ3) is 7.05. The summed E-state index contributed by atoms with van der Waals surface area (Å²) in [5.41, 5.74) is 0.452. The number of nitrogens with zero attached hydrogens (tertiary/aromatic N) is 2. The normalized spacial score (nSPS) is 22.6. The van der Waals surface area contributed by atoms with Crippen LogP contribution in [0.15, 0.2) is 48.5 Å². The number of morpholine rings is 2. The summed E-state index contributed by atoms with van der Waals surface area (Å²) in [7, 11) is 0. The van der Waals surface area contributed by atoms with E-state index in [4.69, 9.17) is 14.2 Å². The second-order valence-electron chi connectivity index (χ2n) is 8.85. The van der Waals surface area contributed by atoms with Gasteiger partial charge in [0.2, 0.25) is 0 Å². The van der Waals surface area contributed by atoms with Crippen LogP contribution in [0.3, 0.4) is 0 Å². The summed E-state index contributed by atoms with van der Waals surface area (Å²) < 4.78 is 70.7. The highest BCUT2D eigenvalue weighted by Gasteiger charge is 2.36. The molecule has 0 saturated carbocycles. The van der Waals surface area contributed by atoms with Crippen molar-refractivity contribution in [1.29, 1.82) is 0 Å². The summed E-state index contributed by atoms with van der Waals surface area (Å²) in [5.74, 6) is 6.08. The van der Waals surface area contributed by atoms with E-state index in [0.717, 1.165) is 30.8 Å². The van der Waals surface area contributed by atoms with Gasteiger partial charge in [-0.05, 0) is 42.3 Å². The van der Waals surface area contributed by atoms with E-state index in [0.29, 0.717) is 45.0 Å². The van der Waals surface area contributed by atoms with Crippen molar-refractivity contribution in [3.8, 4) is 11.8 Å². The molecule has 0 aliphatic carbocycles. The van der Waals surface area contributed by atoms with Gasteiger partial charge in [0.25, 0.3) is 0 Å². The Balaban J connectivity index is 1.50. The van der Waals surface area contributed by atoms with Gasteiger partial charge in [-0.3, -0.25) is 9.80 Å². The van der Waals surface area contributed by atoms with E-state index in [1.165, 1.54) is 18.2 Å². The molecule has 2 saturated heterocycles. The van der Waals surface area contributed by atoms with Gasteiger partial charge in [-0.25, -0.2) is 4.39 Å². The number of hydrogen-bond donors (Lipinski definition) is 0. The molecule has 2 aromatic carbocycles. The lowest BCUT2D eigenvalue weighted by Gasteiger charge is -2.41. The average molecular weight is 507 g/mol. The minimum Gasteiger partial charge on any atom is -0.379 e. The smallest absolute Gasteiger partial charge is 0.379 e. The van der Waals surface area contributed by atoms with Crippen LogP contribution in [0.5, 0.6) is 0 Å². The van der Waals surface area contributed by atoms with E-state index in [-0.39, 0.29) is 5.82 Å². The van der Waals surface area contributed by atoms with Crippen LogP contribution >= 0.6 is 0 Å². The lowest BCUT2D eigenvalue weighted by atomic mass is 10.0. The van der Waals surface area contributed by atoms with Crippen molar-refractivity contribution >= 4 is 0 Å². The molecule has 9 heteroatoms. The van der Waals surface area contributed by atoms with E-state index >= 15 is 0 Å². The highest BCUT2D eigenvalue weighted by Crippen LogP contribution is 2.35. The fourth-order valence-electron chi connectivity index (χ4n) is 4.34. The molecular weight excluding hydrogens is 476 g/mol. The Morgan fingerprint density at radius 1 is 1.00 bits per heavy atom. The first-order valence-electron chi connectivity index (χ1n) is 12.0. The minimum absolute atomic E-state index is 0.359. The molecule has 2 aliphatic heterocycles.